The van der Waals surface area contributed by atoms with E-state index in [-0.39, 0.29) is 11.6 Å². The van der Waals surface area contributed by atoms with Gasteiger partial charge in [0.15, 0.2) is 0 Å². The van der Waals surface area contributed by atoms with Crippen LogP contribution in [0.2, 0.25) is 0 Å². The predicted octanol–water partition coefficient (Wildman–Crippen LogP) is 3.81. The van der Waals surface area contributed by atoms with Crippen molar-refractivity contribution in [1.82, 2.24) is 9.55 Å². The molecular formula is C19H21N3O. The van der Waals surface area contributed by atoms with E-state index in [9.17, 15) is 4.79 Å². The van der Waals surface area contributed by atoms with E-state index in [0.29, 0.717) is 5.39 Å². The van der Waals surface area contributed by atoms with Gasteiger partial charge in [0.2, 0.25) is 0 Å². The molecule has 4 heteroatoms. The van der Waals surface area contributed by atoms with Crippen molar-refractivity contribution >= 4 is 16.6 Å². The van der Waals surface area contributed by atoms with Crippen molar-refractivity contribution < 1.29 is 0 Å². The maximum Gasteiger partial charge on any atom is 0.261 e. The number of anilines is 1. The molecule has 0 spiro atoms. The number of hydrogen-bond donors (Lipinski definition) is 1. The van der Waals surface area contributed by atoms with E-state index < -0.39 is 0 Å². The van der Waals surface area contributed by atoms with Crippen LogP contribution < -0.4 is 10.9 Å². The van der Waals surface area contributed by atoms with E-state index in [1.165, 1.54) is 5.56 Å². The monoisotopic (exact) mass is 307 g/mol. The zero-order valence-electron chi connectivity index (χ0n) is 13.7. The molecule has 3 rings (SSSR count). The summed E-state index contributed by atoms with van der Waals surface area (Å²) in [6.07, 6.45) is 0.840. The van der Waals surface area contributed by atoms with Crippen LogP contribution in [0, 0.1) is 6.92 Å². The maximum atomic E-state index is 12.6. The number of fused-ring (bicyclic) bond motifs is 1. The highest BCUT2D eigenvalue weighted by Crippen LogP contribution is 2.23. The summed E-state index contributed by atoms with van der Waals surface area (Å²) in [4.78, 5) is 17.3. The Bertz CT molecular complexity index is 899. The number of rotatable bonds is 4. The summed E-state index contributed by atoms with van der Waals surface area (Å²) in [5, 5.41) is 4.18. The molecule has 0 saturated heterocycles. The summed E-state index contributed by atoms with van der Waals surface area (Å²) in [7, 11) is 1.79. The minimum atomic E-state index is -0.0154. The van der Waals surface area contributed by atoms with E-state index in [1.807, 2.05) is 36.4 Å². The zero-order valence-corrected chi connectivity index (χ0v) is 13.7. The molecule has 0 aliphatic carbocycles. The van der Waals surface area contributed by atoms with Crippen molar-refractivity contribution in [3.8, 4) is 0 Å². The van der Waals surface area contributed by atoms with Gasteiger partial charge in [0.05, 0.1) is 16.9 Å². The van der Waals surface area contributed by atoms with Gasteiger partial charge in [-0.15, -0.1) is 0 Å². The predicted molar refractivity (Wildman–Crippen MR) is 94.8 cm³/mol. The molecule has 118 valence electrons. The minimum Gasteiger partial charge on any atom is -0.375 e. The third kappa shape index (κ3) is 2.84. The second kappa shape index (κ2) is 6.24. The number of aromatic nitrogens is 2. The second-order valence-corrected chi connectivity index (χ2v) is 5.77. The van der Waals surface area contributed by atoms with Gasteiger partial charge in [-0.2, -0.15) is 0 Å². The quantitative estimate of drug-likeness (QED) is 0.797. The van der Waals surface area contributed by atoms with Crippen molar-refractivity contribution in [1.29, 1.82) is 0 Å². The highest BCUT2D eigenvalue weighted by molar-refractivity contribution is 5.77. The molecule has 0 bridgehead atoms. The first-order valence-electron chi connectivity index (χ1n) is 7.89. The van der Waals surface area contributed by atoms with Gasteiger partial charge in [-0.1, -0.05) is 37.3 Å². The summed E-state index contributed by atoms with van der Waals surface area (Å²) in [5.74, 6) is 0.763. The maximum absolute atomic E-state index is 12.6. The molecule has 0 radical (unpaired) electrons. The lowest BCUT2D eigenvalue weighted by molar-refractivity contribution is 0.630. The fourth-order valence-corrected chi connectivity index (χ4v) is 2.82. The molecule has 1 aromatic heterocycles. The molecular weight excluding hydrogens is 286 g/mol. The molecule has 4 nitrogen and oxygen atoms in total. The van der Waals surface area contributed by atoms with Crippen molar-refractivity contribution in [2.45, 2.75) is 26.3 Å². The molecule has 1 heterocycles. The summed E-state index contributed by atoms with van der Waals surface area (Å²) in [5.41, 5.74) is 2.99. The molecule has 1 unspecified atom stereocenters. The average Bonchev–Trinajstić information content (AvgIpc) is 2.58. The van der Waals surface area contributed by atoms with Gasteiger partial charge in [-0.25, -0.2) is 4.98 Å². The van der Waals surface area contributed by atoms with Crippen LogP contribution in [0.25, 0.3) is 10.9 Å². The van der Waals surface area contributed by atoms with Crippen LogP contribution in [0.3, 0.4) is 0 Å². The van der Waals surface area contributed by atoms with Crippen LogP contribution >= 0.6 is 0 Å². The van der Waals surface area contributed by atoms with Crippen LogP contribution in [0.1, 0.15) is 30.8 Å². The number of para-hydroxylation sites is 2. The van der Waals surface area contributed by atoms with Gasteiger partial charge in [0.1, 0.15) is 5.82 Å². The van der Waals surface area contributed by atoms with Crippen molar-refractivity contribution in [2.75, 3.05) is 5.32 Å². The molecule has 0 aliphatic rings. The van der Waals surface area contributed by atoms with E-state index in [2.05, 4.69) is 31.3 Å². The summed E-state index contributed by atoms with van der Waals surface area (Å²) < 4.78 is 1.65. The number of nitrogens with zero attached hydrogens (tertiary/aromatic N) is 2. The third-order valence-corrected chi connectivity index (χ3v) is 4.21. The lowest BCUT2D eigenvalue weighted by Gasteiger charge is -2.21. The zero-order chi connectivity index (χ0) is 16.4. The first kappa shape index (κ1) is 15.3. The molecule has 0 aliphatic heterocycles. The molecule has 0 fully saturated rings. The van der Waals surface area contributed by atoms with E-state index in [0.717, 1.165) is 23.4 Å². The lowest BCUT2D eigenvalue weighted by atomic mass is 10.1. The Hall–Kier alpha value is -2.62. The summed E-state index contributed by atoms with van der Waals surface area (Å²) in [6, 6.07) is 15.6. The smallest absolute Gasteiger partial charge is 0.261 e. The Kier molecular flexibility index (Phi) is 4.15. The molecule has 0 amide bonds. The molecule has 2 aromatic carbocycles. The van der Waals surface area contributed by atoms with Crippen molar-refractivity contribution in [3.05, 3.63) is 70.3 Å². The first-order chi connectivity index (χ1) is 11.1. The Morgan fingerprint density at radius 1 is 1.13 bits per heavy atom. The SMILES string of the molecule is CCC(Nc1ccccc1C)c1nc2ccccc2c(=O)n1C. The number of aryl methyl sites for hydroxylation is 1. The Morgan fingerprint density at radius 2 is 1.83 bits per heavy atom. The number of benzene rings is 2. The van der Waals surface area contributed by atoms with Crippen molar-refractivity contribution in [2.24, 2.45) is 7.05 Å². The lowest BCUT2D eigenvalue weighted by Crippen LogP contribution is -2.27. The number of nitrogens with one attached hydrogen (secondary N) is 1. The van der Waals surface area contributed by atoms with Crippen LogP contribution in [-0.2, 0) is 7.05 Å². The van der Waals surface area contributed by atoms with Gasteiger partial charge in [-0.05, 0) is 37.1 Å². The number of hydrogen-bond acceptors (Lipinski definition) is 3. The van der Waals surface area contributed by atoms with Crippen LogP contribution in [-0.4, -0.2) is 9.55 Å². The Balaban J connectivity index is 2.08. The average molecular weight is 307 g/mol. The molecule has 0 saturated carbocycles. The topological polar surface area (TPSA) is 46.9 Å². The molecule has 1 N–H and O–H groups in total. The fourth-order valence-electron chi connectivity index (χ4n) is 2.82. The molecule has 1 atom stereocenters. The molecule has 23 heavy (non-hydrogen) atoms. The normalized spacial score (nSPS) is 12.3. The van der Waals surface area contributed by atoms with Crippen LogP contribution in [0.5, 0.6) is 0 Å². The van der Waals surface area contributed by atoms with Crippen molar-refractivity contribution in [3.63, 3.8) is 0 Å². The second-order valence-electron chi connectivity index (χ2n) is 5.77. The van der Waals surface area contributed by atoms with Gasteiger partial charge in [-0.3, -0.25) is 9.36 Å². The minimum absolute atomic E-state index is 0.00404. The van der Waals surface area contributed by atoms with Crippen LogP contribution in [0.4, 0.5) is 5.69 Å². The van der Waals surface area contributed by atoms with Crippen LogP contribution in [0.15, 0.2) is 53.3 Å². The Labute approximate surface area is 135 Å². The Morgan fingerprint density at radius 3 is 2.57 bits per heavy atom. The molecule has 3 aromatic rings. The third-order valence-electron chi connectivity index (χ3n) is 4.21. The van der Waals surface area contributed by atoms with Gasteiger partial charge < -0.3 is 5.32 Å². The van der Waals surface area contributed by atoms with E-state index in [1.54, 1.807) is 11.6 Å². The van der Waals surface area contributed by atoms with E-state index in [4.69, 9.17) is 4.98 Å². The summed E-state index contributed by atoms with van der Waals surface area (Å²) in [6.45, 7) is 4.17. The first-order valence-corrected chi connectivity index (χ1v) is 7.89. The fraction of sp³-hybridized carbons (Fsp3) is 0.263. The standard InChI is InChI=1S/C19H21N3O/c1-4-15(20-16-11-7-5-9-13(16)2)18-21-17-12-8-6-10-14(17)19(23)22(18)3/h5-12,15,20H,4H2,1-3H3. The largest absolute Gasteiger partial charge is 0.375 e. The summed E-state index contributed by atoms with van der Waals surface area (Å²) >= 11 is 0. The van der Waals surface area contributed by atoms with Gasteiger partial charge in [0.25, 0.3) is 5.56 Å². The highest BCUT2D eigenvalue weighted by atomic mass is 16.1. The van der Waals surface area contributed by atoms with Gasteiger partial charge in [0, 0.05) is 12.7 Å². The van der Waals surface area contributed by atoms with Gasteiger partial charge >= 0.3 is 0 Å². The highest BCUT2D eigenvalue weighted by Gasteiger charge is 2.17. The van der Waals surface area contributed by atoms with E-state index >= 15 is 0 Å².